The molecule has 0 spiro atoms. The van der Waals surface area contributed by atoms with E-state index in [-0.39, 0.29) is 12.5 Å². The first-order chi connectivity index (χ1) is 9.65. The third kappa shape index (κ3) is 4.20. The first kappa shape index (κ1) is 14.3. The summed E-state index contributed by atoms with van der Waals surface area (Å²) in [7, 11) is 0. The molecule has 0 saturated carbocycles. The molecule has 104 valence electrons. The van der Waals surface area contributed by atoms with E-state index in [1.165, 1.54) is 5.56 Å². The summed E-state index contributed by atoms with van der Waals surface area (Å²) in [5.74, 6) is 0.436. The van der Waals surface area contributed by atoms with Gasteiger partial charge in [0.2, 0.25) is 0 Å². The zero-order valence-electron chi connectivity index (χ0n) is 11.4. The summed E-state index contributed by atoms with van der Waals surface area (Å²) in [6.07, 6.45) is 1.61. The highest BCUT2D eigenvalue weighted by Crippen LogP contribution is 2.18. The van der Waals surface area contributed by atoms with Crippen LogP contribution in [-0.2, 0) is 4.79 Å². The molecule has 20 heavy (non-hydrogen) atoms. The minimum Gasteiger partial charge on any atom is -0.483 e. The molecule has 1 amide bonds. The van der Waals surface area contributed by atoms with Crippen molar-refractivity contribution in [2.45, 2.75) is 13.8 Å². The van der Waals surface area contributed by atoms with Crippen LogP contribution in [0.2, 0.25) is 0 Å². The Hall–Kier alpha value is -2.14. The Morgan fingerprint density at radius 2 is 2.25 bits per heavy atom. The quantitative estimate of drug-likeness (QED) is 0.679. The predicted molar refractivity (Wildman–Crippen MR) is 81.5 cm³/mol. The number of amides is 1. The van der Waals surface area contributed by atoms with Gasteiger partial charge in [0, 0.05) is 4.88 Å². The van der Waals surface area contributed by atoms with Crippen molar-refractivity contribution in [2.75, 3.05) is 6.61 Å². The fourth-order valence-corrected chi connectivity index (χ4v) is 2.25. The van der Waals surface area contributed by atoms with Gasteiger partial charge in [0.25, 0.3) is 5.91 Å². The van der Waals surface area contributed by atoms with Gasteiger partial charge in [0.05, 0.1) is 6.21 Å². The van der Waals surface area contributed by atoms with E-state index in [1.807, 2.05) is 49.6 Å². The molecule has 0 saturated heterocycles. The highest BCUT2D eigenvalue weighted by molar-refractivity contribution is 7.11. The number of hydrogen-bond donors (Lipinski definition) is 1. The topological polar surface area (TPSA) is 50.7 Å². The van der Waals surface area contributed by atoms with Crippen molar-refractivity contribution in [3.05, 3.63) is 51.7 Å². The van der Waals surface area contributed by atoms with E-state index in [1.54, 1.807) is 17.6 Å². The molecule has 0 radical (unpaired) electrons. The molecule has 0 atom stereocenters. The largest absolute Gasteiger partial charge is 0.483 e. The van der Waals surface area contributed by atoms with Crippen molar-refractivity contribution in [1.82, 2.24) is 5.43 Å². The summed E-state index contributed by atoms with van der Waals surface area (Å²) in [6, 6.07) is 9.69. The molecular weight excluding hydrogens is 272 g/mol. The van der Waals surface area contributed by atoms with Crippen LogP contribution in [0.5, 0.6) is 5.75 Å². The average molecular weight is 288 g/mol. The van der Waals surface area contributed by atoms with Crippen LogP contribution in [0.4, 0.5) is 0 Å². The molecule has 2 rings (SSSR count). The Bertz CT molecular complexity index is 606. The second-order valence-electron chi connectivity index (χ2n) is 4.37. The van der Waals surface area contributed by atoms with Gasteiger partial charge < -0.3 is 4.74 Å². The molecule has 0 aliphatic heterocycles. The number of carbonyl (C=O) groups is 1. The molecule has 1 aromatic carbocycles. The SMILES string of the molecule is Cc1ccc(OCC(=O)N/N=C\c2cccs2)c(C)c1. The van der Waals surface area contributed by atoms with Gasteiger partial charge in [-0.1, -0.05) is 23.8 Å². The lowest BCUT2D eigenvalue weighted by molar-refractivity contribution is -0.123. The van der Waals surface area contributed by atoms with Crippen molar-refractivity contribution < 1.29 is 9.53 Å². The summed E-state index contributed by atoms with van der Waals surface area (Å²) in [5.41, 5.74) is 4.61. The van der Waals surface area contributed by atoms with Gasteiger partial charge in [-0.25, -0.2) is 5.43 Å². The first-order valence-electron chi connectivity index (χ1n) is 6.20. The van der Waals surface area contributed by atoms with E-state index in [2.05, 4.69) is 10.5 Å². The number of nitrogens with zero attached hydrogens (tertiary/aromatic N) is 1. The number of aryl methyl sites for hydroxylation is 2. The number of hydrogen-bond acceptors (Lipinski definition) is 4. The Labute approximate surface area is 122 Å². The zero-order valence-corrected chi connectivity index (χ0v) is 12.2. The van der Waals surface area contributed by atoms with Gasteiger partial charge >= 0.3 is 0 Å². The van der Waals surface area contributed by atoms with Crippen LogP contribution in [0.15, 0.2) is 40.8 Å². The fraction of sp³-hybridized carbons (Fsp3) is 0.200. The van der Waals surface area contributed by atoms with E-state index in [0.717, 1.165) is 10.4 Å². The van der Waals surface area contributed by atoms with E-state index in [0.29, 0.717) is 5.75 Å². The molecule has 0 aliphatic rings. The minimum atomic E-state index is -0.280. The summed E-state index contributed by atoms with van der Waals surface area (Å²) in [4.78, 5) is 12.6. The van der Waals surface area contributed by atoms with Crippen molar-refractivity contribution in [3.63, 3.8) is 0 Å². The highest BCUT2D eigenvalue weighted by Gasteiger charge is 2.03. The third-order valence-electron chi connectivity index (χ3n) is 2.61. The molecule has 1 N–H and O–H groups in total. The second kappa shape index (κ2) is 6.86. The zero-order chi connectivity index (χ0) is 14.4. The Kier molecular flexibility index (Phi) is 4.90. The molecule has 2 aromatic rings. The van der Waals surface area contributed by atoms with Gasteiger partial charge in [-0.3, -0.25) is 4.79 Å². The first-order valence-corrected chi connectivity index (χ1v) is 7.08. The monoisotopic (exact) mass is 288 g/mol. The van der Waals surface area contributed by atoms with Gasteiger partial charge in [0.15, 0.2) is 6.61 Å². The summed E-state index contributed by atoms with van der Waals surface area (Å²) in [6.45, 7) is 3.92. The maximum Gasteiger partial charge on any atom is 0.277 e. The maximum atomic E-state index is 11.6. The van der Waals surface area contributed by atoms with Gasteiger partial charge in [-0.05, 0) is 36.9 Å². The van der Waals surface area contributed by atoms with Gasteiger partial charge in [0.1, 0.15) is 5.75 Å². The molecule has 1 aromatic heterocycles. The number of benzene rings is 1. The molecule has 0 bridgehead atoms. The normalized spacial score (nSPS) is 10.7. The van der Waals surface area contributed by atoms with Crippen LogP contribution in [0.3, 0.4) is 0 Å². The maximum absolute atomic E-state index is 11.6. The second-order valence-corrected chi connectivity index (χ2v) is 5.35. The molecule has 0 unspecified atom stereocenters. The van der Waals surface area contributed by atoms with Crippen molar-refractivity contribution >= 4 is 23.5 Å². The molecule has 0 fully saturated rings. The lowest BCUT2D eigenvalue weighted by Gasteiger charge is -2.08. The smallest absolute Gasteiger partial charge is 0.277 e. The Morgan fingerprint density at radius 1 is 1.40 bits per heavy atom. The van der Waals surface area contributed by atoms with Crippen molar-refractivity contribution in [3.8, 4) is 5.75 Å². The predicted octanol–water partition coefficient (Wildman–Crippen LogP) is 2.89. The standard InChI is InChI=1S/C15H16N2O2S/c1-11-5-6-14(12(2)8-11)19-10-15(18)17-16-9-13-4-3-7-20-13/h3-9H,10H2,1-2H3,(H,17,18)/b16-9-. The number of rotatable bonds is 5. The van der Waals surface area contributed by atoms with Crippen LogP contribution in [0, 0.1) is 13.8 Å². The number of thiophene rings is 1. The number of carbonyl (C=O) groups excluding carboxylic acids is 1. The molecule has 1 heterocycles. The Morgan fingerprint density at radius 3 is 2.95 bits per heavy atom. The average Bonchev–Trinajstić information content (AvgIpc) is 2.91. The number of nitrogens with one attached hydrogen (secondary N) is 1. The summed E-state index contributed by atoms with van der Waals surface area (Å²) in [5, 5.41) is 5.82. The van der Waals surface area contributed by atoms with E-state index >= 15 is 0 Å². The van der Waals surface area contributed by atoms with Crippen LogP contribution < -0.4 is 10.2 Å². The fourth-order valence-electron chi connectivity index (χ4n) is 1.67. The Balaban J connectivity index is 1.80. The van der Waals surface area contributed by atoms with E-state index < -0.39 is 0 Å². The molecule has 4 nitrogen and oxygen atoms in total. The van der Waals surface area contributed by atoms with Gasteiger partial charge in [-0.15, -0.1) is 11.3 Å². The van der Waals surface area contributed by atoms with Crippen LogP contribution >= 0.6 is 11.3 Å². The van der Waals surface area contributed by atoms with Crippen molar-refractivity contribution in [2.24, 2.45) is 5.10 Å². The molecule has 5 heteroatoms. The van der Waals surface area contributed by atoms with E-state index in [4.69, 9.17) is 4.74 Å². The highest BCUT2D eigenvalue weighted by atomic mass is 32.1. The van der Waals surface area contributed by atoms with E-state index in [9.17, 15) is 4.79 Å². The number of ether oxygens (including phenoxy) is 1. The van der Waals surface area contributed by atoms with Crippen LogP contribution in [0.1, 0.15) is 16.0 Å². The van der Waals surface area contributed by atoms with Crippen molar-refractivity contribution in [1.29, 1.82) is 0 Å². The minimum absolute atomic E-state index is 0.0499. The molecular formula is C15H16N2O2S. The van der Waals surface area contributed by atoms with Crippen LogP contribution in [0.25, 0.3) is 0 Å². The van der Waals surface area contributed by atoms with Crippen LogP contribution in [-0.4, -0.2) is 18.7 Å². The molecule has 0 aliphatic carbocycles. The van der Waals surface area contributed by atoms with Gasteiger partial charge in [-0.2, -0.15) is 5.10 Å². The third-order valence-corrected chi connectivity index (χ3v) is 3.42. The lowest BCUT2D eigenvalue weighted by Crippen LogP contribution is -2.24. The summed E-state index contributed by atoms with van der Waals surface area (Å²) < 4.78 is 5.46. The summed E-state index contributed by atoms with van der Waals surface area (Å²) >= 11 is 1.56. The number of hydrazone groups is 1. The lowest BCUT2D eigenvalue weighted by atomic mass is 10.1.